The zero-order valence-corrected chi connectivity index (χ0v) is 9.05. The Morgan fingerprint density at radius 2 is 2.06 bits per heavy atom. The van der Waals surface area contributed by atoms with E-state index in [0.717, 1.165) is 0 Å². The SMILES string of the molecule is Nc1ccc(C=CCS)cc1OC(F)(F)F. The van der Waals surface area contributed by atoms with Crippen LogP contribution in [0.4, 0.5) is 18.9 Å². The van der Waals surface area contributed by atoms with E-state index < -0.39 is 12.1 Å². The smallest absolute Gasteiger partial charge is 0.404 e. The summed E-state index contributed by atoms with van der Waals surface area (Å²) in [4.78, 5) is 0. The van der Waals surface area contributed by atoms with Gasteiger partial charge in [0.15, 0.2) is 5.75 Å². The molecule has 0 saturated carbocycles. The van der Waals surface area contributed by atoms with Crippen molar-refractivity contribution < 1.29 is 17.9 Å². The minimum atomic E-state index is -4.74. The predicted molar refractivity (Wildman–Crippen MR) is 60.4 cm³/mol. The molecule has 1 aromatic rings. The number of halogens is 3. The number of anilines is 1. The summed E-state index contributed by atoms with van der Waals surface area (Å²) in [7, 11) is 0. The van der Waals surface area contributed by atoms with E-state index in [4.69, 9.17) is 5.73 Å². The number of hydrogen-bond acceptors (Lipinski definition) is 3. The molecule has 0 spiro atoms. The summed E-state index contributed by atoms with van der Waals surface area (Å²) in [6.07, 6.45) is -1.40. The second-order valence-electron chi connectivity index (χ2n) is 2.93. The predicted octanol–water partition coefficient (Wildman–Crippen LogP) is 3.11. The quantitative estimate of drug-likeness (QED) is 0.637. The third-order valence-corrected chi connectivity index (χ3v) is 1.89. The first-order chi connectivity index (χ1) is 7.42. The lowest BCUT2D eigenvalue weighted by Crippen LogP contribution is -2.18. The van der Waals surface area contributed by atoms with E-state index in [1.54, 1.807) is 18.2 Å². The Hall–Kier alpha value is -1.30. The number of alkyl halides is 3. The molecule has 16 heavy (non-hydrogen) atoms. The molecule has 0 aliphatic rings. The van der Waals surface area contributed by atoms with Crippen LogP contribution in [0, 0.1) is 0 Å². The van der Waals surface area contributed by atoms with Crippen molar-refractivity contribution >= 4 is 24.4 Å². The van der Waals surface area contributed by atoms with Gasteiger partial charge in [0.25, 0.3) is 0 Å². The van der Waals surface area contributed by atoms with Crippen LogP contribution < -0.4 is 10.5 Å². The largest absolute Gasteiger partial charge is 0.573 e. The topological polar surface area (TPSA) is 35.2 Å². The Bertz CT molecular complexity index is 390. The third kappa shape index (κ3) is 4.06. The zero-order chi connectivity index (χ0) is 12.2. The molecule has 0 fully saturated rings. The maximum Gasteiger partial charge on any atom is 0.573 e. The number of ether oxygens (including phenoxy) is 1. The highest BCUT2D eigenvalue weighted by Gasteiger charge is 2.31. The standard InChI is InChI=1S/C10H10F3NOS/c11-10(12,13)15-9-6-7(2-1-5-16)3-4-8(9)14/h1-4,6,16H,5,14H2. The summed E-state index contributed by atoms with van der Waals surface area (Å²) in [5.41, 5.74) is 5.88. The molecule has 0 atom stereocenters. The van der Waals surface area contributed by atoms with Gasteiger partial charge in [-0.05, 0) is 17.7 Å². The molecule has 0 aliphatic carbocycles. The van der Waals surface area contributed by atoms with Gasteiger partial charge in [-0.25, -0.2) is 0 Å². The first kappa shape index (κ1) is 12.8. The van der Waals surface area contributed by atoms with Crippen molar-refractivity contribution in [3.8, 4) is 5.75 Å². The minimum Gasteiger partial charge on any atom is -0.404 e. The molecule has 0 radical (unpaired) electrons. The molecule has 2 N–H and O–H groups in total. The van der Waals surface area contributed by atoms with Crippen molar-refractivity contribution in [2.75, 3.05) is 11.5 Å². The summed E-state index contributed by atoms with van der Waals surface area (Å²) >= 11 is 3.94. The van der Waals surface area contributed by atoms with E-state index in [1.807, 2.05) is 0 Å². The highest BCUT2D eigenvalue weighted by atomic mass is 32.1. The molecule has 0 bridgehead atoms. The van der Waals surface area contributed by atoms with Crippen molar-refractivity contribution in [3.63, 3.8) is 0 Å². The van der Waals surface area contributed by atoms with E-state index in [2.05, 4.69) is 17.4 Å². The number of rotatable bonds is 3. The van der Waals surface area contributed by atoms with Gasteiger partial charge in [-0.1, -0.05) is 18.2 Å². The maximum atomic E-state index is 12.0. The van der Waals surface area contributed by atoms with Crippen molar-refractivity contribution in [2.45, 2.75) is 6.36 Å². The van der Waals surface area contributed by atoms with Gasteiger partial charge in [-0.15, -0.1) is 13.2 Å². The molecule has 0 aromatic heterocycles. The highest BCUT2D eigenvalue weighted by molar-refractivity contribution is 7.80. The Balaban J connectivity index is 2.95. The summed E-state index contributed by atoms with van der Waals surface area (Å²) in [5, 5.41) is 0. The fourth-order valence-corrected chi connectivity index (χ4v) is 1.16. The van der Waals surface area contributed by atoms with Crippen molar-refractivity contribution in [1.29, 1.82) is 0 Å². The number of thiol groups is 1. The van der Waals surface area contributed by atoms with E-state index in [-0.39, 0.29) is 5.69 Å². The molecule has 88 valence electrons. The monoisotopic (exact) mass is 249 g/mol. The second kappa shape index (κ2) is 5.16. The molecule has 2 nitrogen and oxygen atoms in total. The van der Waals surface area contributed by atoms with Crippen LogP contribution >= 0.6 is 12.6 Å². The molecule has 1 rings (SSSR count). The van der Waals surface area contributed by atoms with Crippen molar-refractivity contribution in [1.82, 2.24) is 0 Å². The normalized spacial score (nSPS) is 12.0. The van der Waals surface area contributed by atoms with E-state index in [9.17, 15) is 13.2 Å². The summed E-state index contributed by atoms with van der Waals surface area (Å²) in [6, 6.07) is 4.18. The van der Waals surface area contributed by atoms with Crippen LogP contribution in [0.15, 0.2) is 24.3 Å². The summed E-state index contributed by atoms with van der Waals surface area (Å²) in [5.74, 6) is 0.105. The molecular formula is C10H10F3NOS. The number of nitrogen functional groups attached to an aromatic ring is 1. The van der Waals surface area contributed by atoms with E-state index in [1.165, 1.54) is 12.1 Å². The summed E-state index contributed by atoms with van der Waals surface area (Å²) in [6.45, 7) is 0. The van der Waals surface area contributed by atoms with Gasteiger partial charge < -0.3 is 10.5 Å². The fraction of sp³-hybridized carbons (Fsp3) is 0.200. The molecule has 0 heterocycles. The number of nitrogens with two attached hydrogens (primary N) is 1. The van der Waals surface area contributed by atoms with Gasteiger partial charge in [0, 0.05) is 5.75 Å². The van der Waals surface area contributed by atoms with Crippen LogP contribution in [-0.4, -0.2) is 12.1 Å². The van der Waals surface area contributed by atoms with Gasteiger partial charge >= 0.3 is 6.36 Å². The van der Waals surface area contributed by atoms with Crippen LogP contribution in [0.25, 0.3) is 6.08 Å². The Morgan fingerprint density at radius 1 is 1.38 bits per heavy atom. The lowest BCUT2D eigenvalue weighted by atomic mass is 10.2. The molecule has 6 heteroatoms. The van der Waals surface area contributed by atoms with Gasteiger partial charge in [0.05, 0.1) is 5.69 Å². The second-order valence-corrected chi connectivity index (χ2v) is 3.30. The number of hydrogen-bond donors (Lipinski definition) is 2. The lowest BCUT2D eigenvalue weighted by molar-refractivity contribution is -0.274. The van der Waals surface area contributed by atoms with Crippen LogP contribution in [-0.2, 0) is 0 Å². The average molecular weight is 249 g/mol. The number of benzene rings is 1. The Morgan fingerprint density at radius 3 is 2.62 bits per heavy atom. The van der Waals surface area contributed by atoms with Crippen LogP contribution in [0.1, 0.15) is 5.56 Å². The minimum absolute atomic E-state index is 0.0552. The Labute approximate surface area is 96.3 Å². The first-order valence-corrected chi connectivity index (χ1v) is 4.98. The molecule has 1 aromatic carbocycles. The highest BCUT2D eigenvalue weighted by Crippen LogP contribution is 2.29. The molecule has 0 unspecified atom stereocenters. The Kier molecular flexibility index (Phi) is 4.12. The fourth-order valence-electron chi connectivity index (χ4n) is 1.06. The molecular weight excluding hydrogens is 239 g/mol. The van der Waals surface area contributed by atoms with E-state index in [0.29, 0.717) is 11.3 Å². The van der Waals surface area contributed by atoms with Crippen LogP contribution in [0.3, 0.4) is 0 Å². The average Bonchev–Trinajstić information content (AvgIpc) is 2.17. The first-order valence-electron chi connectivity index (χ1n) is 4.35. The zero-order valence-electron chi connectivity index (χ0n) is 8.16. The maximum absolute atomic E-state index is 12.0. The van der Waals surface area contributed by atoms with E-state index >= 15 is 0 Å². The molecule has 0 aliphatic heterocycles. The molecule has 0 saturated heterocycles. The van der Waals surface area contributed by atoms with Gasteiger partial charge in [-0.2, -0.15) is 12.6 Å². The van der Waals surface area contributed by atoms with Gasteiger partial charge in [-0.3, -0.25) is 0 Å². The van der Waals surface area contributed by atoms with Crippen molar-refractivity contribution in [2.24, 2.45) is 0 Å². The molecule has 0 amide bonds. The van der Waals surface area contributed by atoms with Crippen LogP contribution in [0.5, 0.6) is 5.75 Å². The van der Waals surface area contributed by atoms with Crippen molar-refractivity contribution in [3.05, 3.63) is 29.8 Å². The van der Waals surface area contributed by atoms with Crippen LogP contribution in [0.2, 0.25) is 0 Å². The summed E-state index contributed by atoms with van der Waals surface area (Å²) < 4.78 is 39.8. The lowest BCUT2D eigenvalue weighted by Gasteiger charge is -2.11. The third-order valence-electron chi connectivity index (χ3n) is 1.68. The van der Waals surface area contributed by atoms with Gasteiger partial charge in [0.1, 0.15) is 0 Å². The van der Waals surface area contributed by atoms with Gasteiger partial charge in [0.2, 0.25) is 0 Å².